The first kappa shape index (κ1) is 14.7. The number of rotatable bonds is 2. The zero-order chi connectivity index (χ0) is 15.2. The second-order valence-electron chi connectivity index (χ2n) is 6.68. The molecular weight excluding hydrogens is 283 g/mol. The maximum atomic E-state index is 13.4. The molecule has 1 heterocycles. The second-order valence-corrected chi connectivity index (χ2v) is 7.71. The lowest BCUT2D eigenvalue weighted by Crippen LogP contribution is -2.30. The molecule has 1 aliphatic carbocycles. The van der Waals surface area contributed by atoms with Crippen molar-refractivity contribution >= 4 is 11.3 Å². The number of nitrogens with one attached hydrogen (secondary N) is 1. The van der Waals surface area contributed by atoms with E-state index in [1.807, 2.05) is 19.2 Å². The normalized spacial score (nSPS) is 20.3. The Hall–Kier alpha value is -1.26. The first-order valence-corrected chi connectivity index (χ1v) is 8.15. The summed E-state index contributed by atoms with van der Waals surface area (Å²) in [6, 6.07) is 5.62. The summed E-state index contributed by atoms with van der Waals surface area (Å²) in [7, 11) is 2.01. The Bertz CT molecular complexity index is 675. The van der Waals surface area contributed by atoms with Crippen LogP contribution in [0.5, 0.6) is 0 Å². The third-order valence-electron chi connectivity index (χ3n) is 4.20. The summed E-state index contributed by atoms with van der Waals surface area (Å²) < 4.78 is 13.4. The van der Waals surface area contributed by atoms with Crippen LogP contribution in [0.2, 0.25) is 0 Å². The summed E-state index contributed by atoms with van der Waals surface area (Å²) >= 11 is 1.74. The number of aromatic nitrogens is 1. The fraction of sp³-hybridized carbons (Fsp3) is 0.471. The fourth-order valence-corrected chi connectivity index (χ4v) is 4.26. The number of hydrogen-bond donors (Lipinski definition) is 1. The Labute approximate surface area is 129 Å². The van der Waals surface area contributed by atoms with E-state index >= 15 is 0 Å². The van der Waals surface area contributed by atoms with Gasteiger partial charge in [-0.3, -0.25) is 0 Å². The molecule has 1 aromatic heterocycles. The van der Waals surface area contributed by atoms with E-state index in [1.165, 1.54) is 16.6 Å². The molecule has 1 aromatic carbocycles. The van der Waals surface area contributed by atoms with Crippen LogP contribution in [-0.2, 0) is 6.42 Å². The van der Waals surface area contributed by atoms with Crippen LogP contribution >= 0.6 is 11.3 Å². The predicted molar refractivity (Wildman–Crippen MR) is 86.1 cm³/mol. The Morgan fingerprint density at radius 1 is 1.38 bits per heavy atom. The lowest BCUT2D eigenvalue weighted by molar-refractivity contribution is 0.265. The van der Waals surface area contributed by atoms with Gasteiger partial charge in [0, 0.05) is 16.5 Å². The second kappa shape index (κ2) is 5.18. The van der Waals surface area contributed by atoms with E-state index in [0.717, 1.165) is 23.4 Å². The Kier molecular flexibility index (Phi) is 3.62. The van der Waals surface area contributed by atoms with Gasteiger partial charge in [0.1, 0.15) is 10.8 Å². The minimum atomic E-state index is -0.158. The van der Waals surface area contributed by atoms with Crippen molar-refractivity contribution in [1.29, 1.82) is 0 Å². The molecule has 0 fully saturated rings. The summed E-state index contributed by atoms with van der Waals surface area (Å²) in [6.07, 6.45) is 2.14. The summed E-state index contributed by atoms with van der Waals surface area (Å²) in [5.41, 5.74) is 3.16. The highest BCUT2D eigenvalue weighted by atomic mass is 32.1. The number of nitrogens with zero attached hydrogens (tertiary/aromatic N) is 1. The van der Waals surface area contributed by atoms with Crippen LogP contribution in [0.4, 0.5) is 4.39 Å². The van der Waals surface area contributed by atoms with E-state index in [4.69, 9.17) is 4.98 Å². The van der Waals surface area contributed by atoms with Crippen LogP contribution < -0.4 is 5.32 Å². The number of halogens is 1. The SMILES string of the molecule is CNC1CC(C)(C)Cc2nc(-c3ccc(F)c(C)c3)sc21. The highest BCUT2D eigenvalue weighted by Crippen LogP contribution is 2.44. The van der Waals surface area contributed by atoms with Crippen molar-refractivity contribution in [2.75, 3.05) is 7.05 Å². The van der Waals surface area contributed by atoms with Gasteiger partial charge in [0.2, 0.25) is 0 Å². The molecule has 0 bridgehead atoms. The van der Waals surface area contributed by atoms with Crippen LogP contribution in [-0.4, -0.2) is 12.0 Å². The number of aryl methyl sites for hydroxylation is 1. The maximum Gasteiger partial charge on any atom is 0.126 e. The van der Waals surface area contributed by atoms with Gasteiger partial charge in [-0.1, -0.05) is 13.8 Å². The Morgan fingerprint density at radius 2 is 2.14 bits per heavy atom. The van der Waals surface area contributed by atoms with E-state index < -0.39 is 0 Å². The van der Waals surface area contributed by atoms with E-state index in [9.17, 15) is 4.39 Å². The van der Waals surface area contributed by atoms with Crippen molar-refractivity contribution in [3.63, 3.8) is 0 Å². The number of fused-ring (bicyclic) bond motifs is 1. The lowest BCUT2D eigenvalue weighted by atomic mass is 9.76. The third kappa shape index (κ3) is 2.74. The molecule has 0 amide bonds. The van der Waals surface area contributed by atoms with E-state index in [0.29, 0.717) is 11.6 Å². The molecule has 2 aromatic rings. The van der Waals surface area contributed by atoms with Gasteiger partial charge in [-0.25, -0.2) is 9.37 Å². The maximum absolute atomic E-state index is 13.4. The summed E-state index contributed by atoms with van der Waals surface area (Å²) in [5, 5.41) is 4.41. The third-order valence-corrected chi connectivity index (χ3v) is 5.46. The van der Waals surface area contributed by atoms with E-state index in [1.54, 1.807) is 18.3 Å². The quantitative estimate of drug-likeness (QED) is 0.884. The molecule has 0 radical (unpaired) electrons. The molecule has 0 saturated heterocycles. The predicted octanol–water partition coefficient (Wildman–Crippen LogP) is 4.49. The zero-order valence-electron chi connectivity index (χ0n) is 13.0. The highest BCUT2D eigenvalue weighted by Gasteiger charge is 2.34. The number of thiazole rings is 1. The summed E-state index contributed by atoms with van der Waals surface area (Å²) in [6.45, 7) is 6.38. The van der Waals surface area contributed by atoms with Crippen molar-refractivity contribution in [3.8, 4) is 10.6 Å². The van der Waals surface area contributed by atoms with Gasteiger partial charge in [-0.15, -0.1) is 11.3 Å². The molecule has 21 heavy (non-hydrogen) atoms. The summed E-state index contributed by atoms with van der Waals surface area (Å²) in [5.74, 6) is -0.158. The Morgan fingerprint density at radius 3 is 2.81 bits per heavy atom. The van der Waals surface area contributed by atoms with Crippen molar-refractivity contribution < 1.29 is 4.39 Å². The molecule has 112 valence electrons. The van der Waals surface area contributed by atoms with Gasteiger partial charge in [0.15, 0.2) is 0 Å². The minimum absolute atomic E-state index is 0.158. The van der Waals surface area contributed by atoms with Crippen molar-refractivity contribution in [3.05, 3.63) is 40.2 Å². The fourth-order valence-electron chi connectivity index (χ4n) is 3.07. The first-order valence-electron chi connectivity index (χ1n) is 7.33. The van der Waals surface area contributed by atoms with Crippen LogP contribution in [0.25, 0.3) is 10.6 Å². The highest BCUT2D eigenvalue weighted by molar-refractivity contribution is 7.15. The van der Waals surface area contributed by atoms with Crippen LogP contribution in [0.3, 0.4) is 0 Å². The smallest absolute Gasteiger partial charge is 0.126 e. The monoisotopic (exact) mass is 304 g/mol. The molecule has 1 N–H and O–H groups in total. The van der Waals surface area contributed by atoms with Crippen LogP contribution in [0.1, 0.15) is 42.4 Å². The Balaban J connectivity index is 2.04. The van der Waals surface area contributed by atoms with Gasteiger partial charge in [-0.2, -0.15) is 0 Å². The molecular formula is C17H21FN2S. The zero-order valence-corrected chi connectivity index (χ0v) is 13.8. The van der Waals surface area contributed by atoms with Gasteiger partial charge >= 0.3 is 0 Å². The first-order chi connectivity index (χ1) is 9.89. The van der Waals surface area contributed by atoms with Gasteiger partial charge in [0.25, 0.3) is 0 Å². The molecule has 0 aliphatic heterocycles. The van der Waals surface area contributed by atoms with E-state index in [-0.39, 0.29) is 11.2 Å². The molecule has 1 aliphatic rings. The van der Waals surface area contributed by atoms with Crippen molar-refractivity contribution in [2.24, 2.45) is 5.41 Å². The topological polar surface area (TPSA) is 24.9 Å². The molecule has 0 spiro atoms. The van der Waals surface area contributed by atoms with Crippen LogP contribution in [0.15, 0.2) is 18.2 Å². The van der Waals surface area contributed by atoms with Crippen molar-refractivity contribution in [1.82, 2.24) is 10.3 Å². The molecule has 2 nitrogen and oxygen atoms in total. The molecule has 1 atom stereocenters. The average molecular weight is 304 g/mol. The van der Waals surface area contributed by atoms with Gasteiger partial charge in [0.05, 0.1) is 5.69 Å². The largest absolute Gasteiger partial charge is 0.312 e. The minimum Gasteiger partial charge on any atom is -0.312 e. The number of benzene rings is 1. The standard InChI is InChI=1S/C17H21FN2S/c1-10-7-11(5-6-12(10)18)16-20-14-9-17(2,3)8-13(19-4)15(14)21-16/h5-7,13,19H,8-9H2,1-4H3. The molecule has 1 unspecified atom stereocenters. The summed E-state index contributed by atoms with van der Waals surface area (Å²) in [4.78, 5) is 6.18. The lowest BCUT2D eigenvalue weighted by Gasteiger charge is -2.34. The molecule has 4 heteroatoms. The number of hydrogen-bond acceptors (Lipinski definition) is 3. The average Bonchev–Trinajstić information content (AvgIpc) is 2.83. The van der Waals surface area contributed by atoms with E-state index in [2.05, 4.69) is 19.2 Å². The van der Waals surface area contributed by atoms with Crippen molar-refractivity contribution in [2.45, 2.75) is 39.7 Å². The molecule has 3 rings (SSSR count). The van der Waals surface area contributed by atoms with Crippen LogP contribution in [0, 0.1) is 18.2 Å². The van der Waals surface area contributed by atoms with Gasteiger partial charge < -0.3 is 5.32 Å². The van der Waals surface area contributed by atoms with Gasteiger partial charge in [-0.05, 0) is 56.0 Å². The molecule has 0 saturated carbocycles.